The Hall–Kier alpha value is -1.16. The van der Waals surface area contributed by atoms with Crippen LogP contribution in [0, 0.1) is 51.8 Å². The number of carbonyl (C=O) groups is 2. The largest absolute Gasteiger partial charge is 0.346 e. The lowest BCUT2D eigenvalue weighted by molar-refractivity contribution is -0.177. The standard InChI is InChI=1S/C32H50N2O2/c1-19(2)26-23(35)16-32(34-28(36)20-17-33-18-20)15-10-22-21(27(26)32)8-9-25-30(22,5)14-11-24-29(3,4)12-7-13-31(24,25)6/h19-22,24-25,33H,7-18H2,1-6H3,(H,34,36). The van der Waals surface area contributed by atoms with E-state index in [0.29, 0.717) is 40.3 Å². The summed E-state index contributed by atoms with van der Waals surface area (Å²) in [5.74, 6) is 3.50. The maximum atomic E-state index is 13.5. The van der Waals surface area contributed by atoms with E-state index in [1.165, 1.54) is 50.5 Å². The van der Waals surface area contributed by atoms with Crippen molar-refractivity contribution in [1.29, 1.82) is 0 Å². The van der Waals surface area contributed by atoms with Gasteiger partial charge in [0.15, 0.2) is 5.78 Å². The average Bonchev–Trinajstić information content (AvgIpc) is 3.03. The Morgan fingerprint density at radius 1 is 0.917 bits per heavy atom. The molecule has 6 rings (SSSR count). The molecule has 5 aliphatic carbocycles. The van der Waals surface area contributed by atoms with E-state index < -0.39 is 5.54 Å². The lowest BCUT2D eigenvalue weighted by Crippen LogP contribution is -2.63. The molecule has 1 amide bonds. The lowest BCUT2D eigenvalue weighted by Gasteiger charge is -2.68. The molecular weight excluding hydrogens is 444 g/mol. The zero-order valence-electron chi connectivity index (χ0n) is 23.8. The highest BCUT2D eigenvalue weighted by Crippen LogP contribution is 2.72. The van der Waals surface area contributed by atoms with E-state index in [0.717, 1.165) is 43.3 Å². The number of hydrogen-bond donors (Lipinski definition) is 2. The lowest BCUT2D eigenvalue weighted by atomic mass is 9.37. The number of fused-ring (bicyclic) bond motifs is 7. The maximum Gasteiger partial charge on any atom is 0.226 e. The predicted molar refractivity (Wildman–Crippen MR) is 144 cm³/mol. The van der Waals surface area contributed by atoms with Gasteiger partial charge in [-0.1, -0.05) is 48.0 Å². The van der Waals surface area contributed by atoms with Crippen LogP contribution < -0.4 is 10.6 Å². The van der Waals surface area contributed by atoms with Gasteiger partial charge in [-0.2, -0.15) is 0 Å². The number of carbonyl (C=O) groups excluding carboxylic acids is 2. The highest BCUT2D eigenvalue weighted by molar-refractivity contribution is 6.02. The molecule has 200 valence electrons. The first-order valence-corrected chi connectivity index (χ1v) is 15.2. The summed E-state index contributed by atoms with van der Waals surface area (Å²) in [4.78, 5) is 26.8. The second kappa shape index (κ2) is 8.17. The highest BCUT2D eigenvalue weighted by Gasteiger charge is 2.65. The van der Waals surface area contributed by atoms with Gasteiger partial charge >= 0.3 is 0 Å². The fraction of sp³-hybridized carbons (Fsp3) is 0.875. The van der Waals surface area contributed by atoms with Crippen molar-refractivity contribution >= 4 is 11.7 Å². The molecule has 5 fully saturated rings. The van der Waals surface area contributed by atoms with Crippen molar-refractivity contribution in [2.45, 2.75) is 111 Å². The Labute approximate surface area is 219 Å². The molecule has 4 saturated carbocycles. The van der Waals surface area contributed by atoms with Crippen molar-refractivity contribution in [3.05, 3.63) is 11.1 Å². The van der Waals surface area contributed by atoms with Crippen LogP contribution in [0.5, 0.6) is 0 Å². The number of amides is 1. The van der Waals surface area contributed by atoms with Gasteiger partial charge in [-0.25, -0.2) is 0 Å². The Bertz CT molecular complexity index is 992. The molecule has 0 radical (unpaired) electrons. The number of rotatable bonds is 3. The number of nitrogens with one attached hydrogen (secondary N) is 2. The minimum atomic E-state index is -0.415. The molecule has 0 bridgehead atoms. The van der Waals surface area contributed by atoms with Gasteiger partial charge in [-0.15, -0.1) is 0 Å². The minimum absolute atomic E-state index is 0.0645. The van der Waals surface area contributed by atoms with Gasteiger partial charge in [0.05, 0.1) is 11.5 Å². The molecular formula is C32H50N2O2. The quantitative estimate of drug-likeness (QED) is 0.502. The summed E-state index contributed by atoms with van der Waals surface area (Å²) in [5, 5.41) is 6.78. The van der Waals surface area contributed by atoms with Crippen LogP contribution in [0.15, 0.2) is 11.1 Å². The van der Waals surface area contributed by atoms with E-state index in [2.05, 4.69) is 52.2 Å². The molecule has 4 heteroatoms. The van der Waals surface area contributed by atoms with Crippen LogP contribution in [0.1, 0.15) is 106 Å². The predicted octanol–water partition coefficient (Wildman–Crippen LogP) is 6.06. The van der Waals surface area contributed by atoms with Crippen molar-refractivity contribution < 1.29 is 9.59 Å². The monoisotopic (exact) mass is 494 g/mol. The van der Waals surface area contributed by atoms with E-state index in [1.807, 2.05) is 0 Å². The normalized spacial score (nSPS) is 45.9. The molecule has 6 aliphatic rings. The Kier molecular flexibility index (Phi) is 5.70. The van der Waals surface area contributed by atoms with Gasteiger partial charge < -0.3 is 10.6 Å². The summed E-state index contributed by atoms with van der Waals surface area (Å²) in [6, 6.07) is 0. The Balaban J connectivity index is 1.37. The molecule has 0 aromatic heterocycles. The van der Waals surface area contributed by atoms with Gasteiger partial charge in [0, 0.05) is 19.5 Å². The fourth-order valence-corrected chi connectivity index (χ4v) is 11.3. The van der Waals surface area contributed by atoms with Crippen LogP contribution in [0.4, 0.5) is 0 Å². The van der Waals surface area contributed by atoms with E-state index in [-0.39, 0.29) is 17.7 Å². The van der Waals surface area contributed by atoms with Crippen molar-refractivity contribution in [1.82, 2.24) is 10.6 Å². The van der Waals surface area contributed by atoms with Crippen molar-refractivity contribution in [3.8, 4) is 0 Å². The number of Topliss-reactive ketones (excluding diaryl/α,β-unsaturated/α-hetero) is 1. The molecule has 0 aromatic rings. The first-order chi connectivity index (χ1) is 16.9. The van der Waals surface area contributed by atoms with Crippen LogP contribution in [0.25, 0.3) is 0 Å². The summed E-state index contributed by atoms with van der Waals surface area (Å²) in [7, 11) is 0. The summed E-state index contributed by atoms with van der Waals surface area (Å²) >= 11 is 0. The van der Waals surface area contributed by atoms with E-state index in [4.69, 9.17) is 0 Å². The second-order valence-corrected chi connectivity index (χ2v) is 15.3. The molecule has 36 heavy (non-hydrogen) atoms. The van der Waals surface area contributed by atoms with Crippen LogP contribution >= 0.6 is 0 Å². The van der Waals surface area contributed by atoms with E-state index in [9.17, 15) is 9.59 Å². The molecule has 1 saturated heterocycles. The maximum absolute atomic E-state index is 13.5. The summed E-state index contributed by atoms with van der Waals surface area (Å²) in [5.41, 5.74) is 3.30. The van der Waals surface area contributed by atoms with Crippen LogP contribution in [-0.2, 0) is 9.59 Å². The first kappa shape index (κ1) is 25.1. The number of hydrogen-bond acceptors (Lipinski definition) is 3. The van der Waals surface area contributed by atoms with Crippen molar-refractivity contribution in [2.75, 3.05) is 13.1 Å². The molecule has 1 aliphatic heterocycles. The SMILES string of the molecule is CC(C)C1=C2C3CCC4C(C)(CCC5C(C)(C)CCCC54C)C3CCC2(NC(=O)C2CNC2)CC1=O. The van der Waals surface area contributed by atoms with Crippen molar-refractivity contribution in [2.24, 2.45) is 51.8 Å². The molecule has 1 heterocycles. The molecule has 0 aromatic carbocycles. The summed E-state index contributed by atoms with van der Waals surface area (Å²) in [6.45, 7) is 16.3. The minimum Gasteiger partial charge on any atom is -0.346 e. The molecule has 7 unspecified atom stereocenters. The van der Waals surface area contributed by atoms with Crippen LogP contribution in [0.3, 0.4) is 0 Å². The van der Waals surface area contributed by atoms with Gasteiger partial charge in [0.2, 0.25) is 5.91 Å². The fourth-order valence-electron chi connectivity index (χ4n) is 11.3. The Morgan fingerprint density at radius 3 is 2.33 bits per heavy atom. The third-order valence-corrected chi connectivity index (χ3v) is 12.9. The van der Waals surface area contributed by atoms with Crippen LogP contribution in [0.2, 0.25) is 0 Å². The van der Waals surface area contributed by atoms with Crippen molar-refractivity contribution in [3.63, 3.8) is 0 Å². The summed E-state index contributed by atoms with van der Waals surface area (Å²) < 4.78 is 0. The first-order valence-electron chi connectivity index (χ1n) is 15.2. The third kappa shape index (κ3) is 3.34. The zero-order chi connectivity index (χ0) is 25.7. The smallest absolute Gasteiger partial charge is 0.226 e. The Morgan fingerprint density at radius 2 is 1.67 bits per heavy atom. The molecule has 4 nitrogen and oxygen atoms in total. The van der Waals surface area contributed by atoms with Gasteiger partial charge in [-0.05, 0) is 108 Å². The number of ketones is 1. The van der Waals surface area contributed by atoms with E-state index >= 15 is 0 Å². The molecule has 0 spiro atoms. The topological polar surface area (TPSA) is 58.2 Å². The van der Waals surface area contributed by atoms with Gasteiger partial charge in [0.1, 0.15) is 0 Å². The highest BCUT2D eigenvalue weighted by atomic mass is 16.2. The van der Waals surface area contributed by atoms with E-state index in [1.54, 1.807) is 0 Å². The van der Waals surface area contributed by atoms with Gasteiger partial charge in [0.25, 0.3) is 0 Å². The summed E-state index contributed by atoms with van der Waals surface area (Å²) in [6.07, 6.45) is 12.0. The molecule has 7 atom stereocenters. The second-order valence-electron chi connectivity index (χ2n) is 15.3. The third-order valence-electron chi connectivity index (χ3n) is 12.9. The average molecular weight is 495 g/mol. The molecule has 2 N–H and O–H groups in total. The number of allylic oxidation sites excluding steroid dienone is 1. The van der Waals surface area contributed by atoms with Crippen LogP contribution in [-0.4, -0.2) is 30.3 Å². The zero-order valence-corrected chi connectivity index (χ0v) is 23.8. The van der Waals surface area contributed by atoms with Gasteiger partial charge in [-0.3, -0.25) is 9.59 Å².